The summed E-state index contributed by atoms with van der Waals surface area (Å²) in [5.74, 6) is 0.101. The van der Waals surface area contributed by atoms with Gasteiger partial charge >= 0.3 is 0 Å². The van der Waals surface area contributed by atoms with Crippen molar-refractivity contribution in [1.82, 2.24) is 4.90 Å². The maximum Gasteiger partial charge on any atom is 0.224 e. The standard InChI is InChI=1S/C19H31N3O2.2ClH/c20-11-4-2-1-3-5-19(23)21-18-8-6-17(7-9-18)10-12-22-13-15-24-16-14-22;;/h6-9H,1-5,10-16,20H2,(H,21,23);2*1H. The number of halogens is 2. The zero-order valence-corrected chi connectivity index (χ0v) is 17.1. The second kappa shape index (κ2) is 15.2. The maximum absolute atomic E-state index is 11.9. The number of benzene rings is 1. The van der Waals surface area contributed by atoms with Crippen LogP contribution in [0.4, 0.5) is 5.69 Å². The van der Waals surface area contributed by atoms with Crippen LogP contribution in [0.1, 0.15) is 37.7 Å². The third kappa shape index (κ3) is 10.3. The van der Waals surface area contributed by atoms with Crippen LogP contribution in [0.3, 0.4) is 0 Å². The van der Waals surface area contributed by atoms with Gasteiger partial charge in [0.15, 0.2) is 0 Å². The number of carbonyl (C=O) groups excluding carboxylic acids is 1. The van der Waals surface area contributed by atoms with E-state index < -0.39 is 0 Å². The van der Waals surface area contributed by atoms with Gasteiger partial charge in [0.2, 0.25) is 5.91 Å². The predicted molar refractivity (Wildman–Crippen MR) is 113 cm³/mol. The molecule has 0 saturated carbocycles. The Balaban J connectivity index is 0.00000312. The lowest BCUT2D eigenvalue weighted by Crippen LogP contribution is -2.37. The molecule has 1 aromatic carbocycles. The first-order chi connectivity index (χ1) is 11.8. The average molecular weight is 406 g/mol. The van der Waals surface area contributed by atoms with Crippen molar-refractivity contribution in [2.75, 3.05) is 44.7 Å². The van der Waals surface area contributed by atoms with E-state index in [4.69, 9.17) is 10.5 Å². The zero-order chi connectivity index (χ0) is 17.0. The first-order valence-corrected chi connectivity index (χ1v) is 9.17. The summed E-state index contributed by atoms with van der Waals surface area (Å²) in [4.78, 5) is 14.3. The van der Waals surface area contributed by atoms with Crippen LogP contribution in [0.2, 0.25) is 0 Å². The van der Waals surface area contributed by atoms with Crippen LogP contribution in [0.5, 0.6) is 0 Å². The lowest BCUT2D eigenvalue weighted by Gasteiger charge is -2.26. The normalized spacial score (nSPS) is 14.2. The quantitative estimate of drug-likeness (QED) is 0.586. The lowest BCUT2D eigenvalue weighted by molar-refractivity contribution is -0.116. The van der Waals surface area contributed by atoms with Gasteiger partial charge in [0.25, 0.3) is 0 Å². The maximum atomic E-state index is 11.9. The number of unbranched alkanes of at least 4 members (excludes halogenated alkanes) is 3. The van der Waals surface area contributed by atoms with Crippen molar-refractivity contribution in [3.8, 4) is 0 Å². The number of anilines is 1. The molecule has 0 radical (unpaired) electrons. The number of nitrogens with one attached hydrogen (secondary N) is 1. The first-order valence-electron chi connectivity index (χ1n) is 9.17. The summed E-state index contributed by atoms with van der Waals surface area (Å²) in [5.41, 5.74) is 7.65. The molecule has 0 bridgehead atoms. The number of nitrogens with zero attached hydrogens (tertiary/aromatic N) is 1. The van der Waals surface area contributed by atoms with Crippen molar-refractivity contribution in [2.45, 2.75) is 38.5 Å². The molecule has 26 heavy (non-hydrogen) atoms. The smallest absolute Gasteiger partial charge is 0.224 e. The Morgan fingerprint density at radius 3 is 2.35 bits per heavy atom. The minimum absolute atomic E-state index is 0. The van der Waals surface area contributed by atoms with Crippen LogP contribution >= 0.6 is 24.8 Å². The summed E-state index contributed by atoms with van der Waals surface area (Å²) in [6.45, 7) is 5.55. The van der Waals surface area contributed by atoms with Crippen LogP contribution in [-0.4, -0.2) is 50.2 Å². The average Bonchev–Trinajstić information content (AvgIpc) is 2.62. The zero-order valence-electron chi connectivity index (χ0n) is 15.5. The molecular weight excluding hydrogens is 373 g/mol. The Hall–Kier alpha value is -0.850. The summed E-state index contributed by atoms with van der Waals surface area (Å²) in [6, 6.07) is 8.22. The van der Waals surface area contributed by atoms with Crippen LogP contribution in [0.15, 0.2) is 24.3 Å². The highest BCUT2D eigenvalue weighted by Gasteiger charge is 2.09. The van der Waals surface area contributed by atoms with Gasteiger partial charge in [-0.25, -0.2) is 0 Å². The first kappa shape index (κ1) is 25.1. The molecule has 1 aliphatic heterocycles. The molecule has 0 aliphatic carbocycles. The van der Waals surface area contributed by atoms with Gasteiger partial charge in [0.1, 0.15) is 0 Å². The number of carbonyl (C=O) groups is 1. The van der Waals surface area contributed by atoms with E-state index in [0.717, 1.165) is 77.2 Å². The van der Waals surface area contributed by atoms with Crippen molar-refractivity contribution in [2.24, 2.45) is 5.73 Å². The summed E-state index contributed by atoms with van der Waals surface area (Å²) in [6.07, 6.45) is 5.79. The van der Waals surface area contributed by atoms with Gasteiger partial charge in [-0.2, -0.15) is 0 Å². The number of nitrogens with two attached hydrogens (primary N) is 1. The Labute approximate surface area is 169 Å². The van der Waals surface area contributed by atoms with Gasteiger partial charge in [-0.3, -0.25) is 9.69 Å². The van der Waals surface area contributed by atoms with Gasteiger partial charge in [-0.05, 0) is 43.5 Å². The highest BCUT2D eigenvalue weighted by molar-refractivity contribution is 5.90. The molecule has 150 valence electrons. The summed E-state index contributed by atoms with van der Waals surface area (Å²) in [7, 11) is 0. The van der Waals surface area contributed by atoms with Crippen molar-refractivity contribution in [3.05, 3.63) is 29.8 Å². The number of ether oxygens (including phenoxy) is 1. The number of hydrogen-bond donors (Lipinski definition) is 2. The van der Waals surface area contributed by atoms with E-state index in [1.807, 2.05) is 12.1 Å². The van der Waals surface area contributed by atoms with Gasteiger partial charge in [-0.15, -0.1) is 24.8 Å². The van der Waals surface area contributed by atoms with Gasteiger partial charge in [0.05, 0.1) is 13.2 Å². The van der Waals surface area contributed by atoms with E-state index in [0.29, 0.717) is 6.42 Å². The van der Waals surface area contributed by atoms with E-state index >= 15 is 0 Å². The molecule has 5 nitrogen and oxygen atoms in total. The lowest BCUT2D eigenvalue weighted by atomic mass is 10.1. The SMILES string of the molecule is Cl.Cl.NCCCCCCC(=O)Nc1ccc(CCN2CCOCC2)cc1. The minimum atomic E-state index is 0. The van der Waals surface area contributed by atoms with Crippen molar-refractivity contribution >= 4 is 36.4 Å². The molecule has 1 fully saturated rings. The highest BCUT2D eigenvalue weighted by atomic mass is 35.5. The van der Waals surface area contributed by atoms with Crippen LogP contribution in [0.25, 0.3) is 0 Å². The van der Waals surface area contributed by atoms with E-state index in [2.05, 4.69) is 22.3 Å². The second-order valence-electron chi connectivity index (χ2n) is 6.40. The second-order valence-corrected chi connectivity index (χ2v) is 6.40. The largest absolute Gasteiger partial charge is 0.379 e. The molecular formula is C19H33Cl2N3O2. The van der Waals surface area contributed by atoms with Crippen molar-refractivity contribution < 1.29 is 9.53 Å². The molecule has 1 saturated heterocycles. The summed E-state index contributed by atoms with van der Waals surface area (Å²) >= 11 is 0. The fourth-order valence-corrected chi connectivity index (χ4v) is 2.87. The summed E-state index contributed by atoms with van der Waals surface area (Å²) in [5, 5.41) is 2.97. The number of morpholine rings is 1. The molecule has 1 heterocycles. The summed E-state index contributed by atoms with van der Waals surface area (Å²) < 4.78 is 5.36. The Kier molecular flexibility index (Phi) is 14.7. The topological polar surface area (TPSA) is 67.6 Å². The van der Waals surface area contributed by atoms with E-state index in [9.17, 15) is 4.79 Å². The minimum Gasteiger partial charge on any atom is -0.379 e. The fraction of sp³-hybridized carbons (Fsp3) is 0.632. The van der Waals surface area contributed by atoms with Crippen LogP contribution in [0, 0.1) is 0 Å². The molecule has 0 unspecified atom stereocenters. The molecule has 1 amide bonds. The molecule has 1 aromatic rings. The van der Waals surface area contributed by atoms with Crippen molar-refractivity contribution in [1.29, 1.82) is 0 Å². The van der Waals surface area contributed by atoms with Crippen LogP contribution < -0.4 is 11.1 Å². The molecule has 7 heteroatoms. The molecule has 0 atom stereocenters. The highest BCUT2D eigenvalue weighted by Crippen LogP contribution is 2.12. The van der Waals surface area contributed by atoms with E-state index in [1.54, 1.807) is 0 Å². The van der Waals surface area contributed by atoms with Gasteiger partial charge in [-0.1, -0.05) is 25.0 Å². The molecule has 0 aromatic heterocycles. The fourth-order valence-electron chi connectivity index (χ4n) is 2.87. The third-order valence-electron chi connectivity index (χ3n) is 4.42. The molecule has 1 aliphatic rings. The predicted octanol–water partition coefficient (Wildman–Crippen LogP) is 3.25. The number of amides is 1. The van der Waals surface area contributed by atoms with E-state index in [-0.39, 0.29) is 30.7 Å². The Bertz CT molecular complexity index is 480. The van der Waals surface area contributed by atoms with Crippen LogP contribution in [-0.2, 0) is 16.0 Å². The molecule has 0 spiro atoms. The third-order valence-corrected chi connectivity index (χ3v) is 4.42. The van der Waals surface area contributed by atoms with E-state index in [1.165, 1.54) is 5.56 Å². The van der Waals surface area contributed by atoms with Gasteiger partial charge < -0.3 is 15.8 Å². The number of rotatable bonds is 10. The molecule has 3 N–H and O–H groups in total. The molecule has 2 rings (SSSR count). The Morgan fingerprint density at radius 2 is 1.69 bits per heavy atom. The monoisotopic (exact) mass is 405 g/mol. The van der Waals surface area contributed by atoms with Gasteiger partial charge in [0, 0.05) is 31.7 Å². The number of hydrogen-bond acceptors (Lipinski definition) is 4. The van der Waals surface area contributed by atoms with Crippen molar-refractivity contribution in [3.63, 3.8) is 0 Å². The Morgan fingerprint density at radius 1 is 1.04 bits per heavy atom.